The van der Waals surface area contributed by atoms with Gasteiger partial charge in [0.1, 0.15) is 0 Å². The third kappa shape index (κ3) is 3.17. The van der Waals surface area contributed by atoms with Crippen molar-refractivity contribution in [2.24, 2.45) is 0 Å². The lowest BCUT2D eigenvalue weighted by Crippen LogP contribution is -2.51. The van der Waals surface area contributed by atoms with E-state index in [1.54, 1.807) is 6.20 Å². The number of carbonyl (C=O) groups is 1. The summed E-state index contributed by atoms with van der Waals surface area (Å²) in [6.45, 7) is 1.50. The maximum atomic E-state index is 12.8. The molecule has 2 heterocycles. The summed E-state index contributed by atoms with van der Waals surface area (Å²) >= 11 is 0. The van der Waals surface area contributed by atoms with Crippen molar-refractivity contribution in [1.29, 1.82) is 0 Å². The number of pyridine rings is 1. The Morgan fingerprint density at radius 1 is 1.18 bits per heavy atom. The Kier molecular flexibility index (Phi) is 4.49. The molecule has 0 bridgehead atoms. The molecule has 1 atom stereocenters. The SMILES string of the molecule is CN(Cc1ccccn1)[C@H]1CCCN(c2ccccc2)C1=O. The van der Waals surface area contributed by atoms with Gasteiger partial charge in [0.25, 0.3) is 0 Å². The zero-order chi connectivity index (χ0) is 15.4. The maximum absolute atomic E-state index is 12.8. The van der Waals surface area contributed by atoms with Crippen molar-refractivity contribution in [3.63, 3.8) is 0 Å². The molecule has 1 fully saturated rings. The summed E-state index contributed by atoms with van der Waals surface area (Å²) in [7, 11) is 2.01. The predicted octanol–water partition coefficient (Wildman–Crippen LogP) is 2.71. The molecule has 22 heavy (non-hydrogen) atoms. The van der Waals surface area contributed by atoms with Crippen LogP contribution in [-0.2, 0) is 11.3 Å². The first-order valence-electron chi connectivity index (χ1n) is 7.72. The van der Waals surface area contributed by atoms with Crippen LogP contribution < -0.4 is 4.90 Å². The van der Waals surface area contributed by atoms with Crippen LogP contribution in [0.25, 0.3) is 0 Å². The van der Waals surface area contributed by atoms with Crippen LogP contribution >= 0.6 is 0 Å². The normalized spacial score (nSPS) is 18.7. The molecule has 114 valence electrons. The maximum Gasteiger partial charge on any atom is 0.244 e. The smallest absolute Gasteiger partial charge is 0.244 e. The highest BCUT2D eigenvalue weighted by Crippen LogP contribution is 2.23. The Balaban J connectivity index is 1.72. The van der Waals surface area contributed by atoms with Gasteiger partial charge >= 0.3 is 0 Å². The van der Waals surface area contributed by atoms with Crippen molar-refractivity contribution < 1.29 is 4.79 Å². The fourth-order valence-corrected chi connectivity index (χ4v) is 2.99. The molecule has 1 aromatic heterocycles. The third-order valence-corrected chi connectivity index (χ3v) is 4.15. The topological polar surface area (TPSA) is 36.4 Å². The summed E-state index contributed by atoms with van der Waals surface area (Å²) < 4.78 is 0. The second kappa shape index (κ2) is 6.71. The molecule has 1 aromatic carbocycles. The molecular weight excluding hydrogens is 274 g/mol. The summed E-state index contributed by atoms with van der Waals surface area (Å²) in [5.74, 6) is 0.191. The Labute approximate surface area is 131 Å². The van der Waals surface area contributed by atoms with E-state index < -0.39 is 0 Å². The molecule has 1 aliphatic heterocycles. The second-order valence-electron chi connectivity index (χ2n) is 5.72. The Morgan fingerprint density at radius 2 is 1.95 bits per heavy atom. The number of aromatic nitrogens is 1. The second-order valence-corrected chi connectivity index (χ2v) is 5.72. The van der Waals surface area contributed by atoms with E-state index in [9.17, 15) is 4.79 Å². The van der Waals surface area contributed by atoms with Crippen molar-refractivity contribution in [3.05, 3.63) is 60.4 Å². The molecule has 0 unspecified atom stereocenters. The molecule has 0 N–H and O–H groups in total. The minimum Gasteiger partial charge on any atom is -0.311 e. The molecule has 0 radical (unpaired) electrons. The molecule has 1 saturated heterocycles. The third-order valence-electron chi connectivity index (χ3n) is 4.15. The number of carbonyl (C=O) groups excluding carboxylic acids is 1. The highest BCUT2D eigenvalue weighted by atomic mass is 16.2. The van der Waals surface area contributed by atoms with Gasteiger partial charge in [-0.05, 0) is 44.2 Å². The summed E-state index contributed by atoms with van der Waals surface area (Å²) in [6.07, 6.45) is 3.73. The summed E-state index contributed by atoms with van der Waals surface area (Å²) in [5.41, 5.74) is 1.98. The van der Waals surface area contributed by atoms with Gasteiger partial charge in [-0.1, -0.05) is 24.3 Å². The van der Waals surface area contributed by atoms with Crippen LogP contribution in [0.15, 0.2) is 54.7 Å². The fraction of sp³-hybridized carbons (Fsp3) is 0.333. The number of likely N-dealkylation sites (N-methyl/N-ethyl adjacent to an activating group) is 1. The van der Waals surface area contributed by atoms with Crippen molar-refractivity contribution >= 4 is 11.6 Å². The van der Waals surface area contributed by atoms with E-state index in [1.165, 1.54) is 0 Å². The van der Waals surface area contributed by atoms with Gasteiger partial charge in [-0.2, -0.15) is 0 Å². The van der Waals surface area contributed by atoms with Gasteiger partial charge in [-0.25, -0.2) is 0 Å². The quantitative estimate of drug-likeness (QED) is 0.870. The first-order chi connectivity index (χ1) is 10.8. The van der Waals surface area contributed by atoms with E-state index in [2.05, 4.69) is 9.88 Å². The number of nitrogens with zero attached hydrogens (tertiary/aromatic N) is 3. The van der Waals surface area contributed by atoms with Crippen LogP contribution in [0.4, 0.5) is 5.69 Å². The van der Waals surface area contributed by atoms with Gasteiger partial charge in [0.05, 0.1) is 11.7 Å². The average Bonchev–Trinajstić information content (AvgIpc) is 2.56. The van der Waals surface area contributed by atoms with Gasteiger partial charge in [0.15, 0.2) is 0 Å². The predicted molar refractivity (Wildman–Crippen MR) is 87.5 cm³/mol. The molecule has 0 saturated carbocycles. The van der Waals surface area contributed by atoms with E-state index in [4.69, 9.17) is 0 Å². The number of benzene rings is 1. The van der Waals surface area contributed by atoms with Crippen molar-refractivity contribution in [2.45, 2.75) is 25.4 Å². The Bertz CT molecular complexity index is 615. The lowest BCUT2D eigenvalue weighted by Gasteiger charge is -2.36. The Morgan fingerprint density at radius 3 is 2.68 bits per heavy atom. The van der Waals surface area contributed by atoms with E-state index in [0.29, 0.717) is 6.54 Å². The number of hydrogen-bond acceptors (Lipinski definition) is 3. The Hall–Kier alpha value is -2.20. The van der Waals surface area contributed by atoms with Crippen LogP contribution in [0.2, 0.25) is 0 Å². The van der Waals surface area contributed by atoms with Crippen molar-refractivity contribution in [2.75, 3.05) is 18.5 Å². The molecule has 0 aliphatic carbocycles. The van der Waals surface area contributed by atoms with Crippen LogP contribution in [0.1, 0.15) is 18.5 Å². The number of rotatable bonds is 4. The van der Waals surface area contributed by atoms with Crippen LogP contribution in [-0.4, -0.2) is 35.4 Å². The molecule has 4 nitrogen and oxygen atoms in total. The van der Waals surface area contributed by atoms with Gasteiger partial charge in [-0.3, -0.25) is 14.7 Å². The minimum absolute atomic E-state index is 0.0732. The van der Waals surface area contributed by atoms with Gasteiger partial charge in [0.2, 0.25) is 5.91 Å². The summed E-state index contributed by atoms with van der Waals surface area (Å²) in [5, 5.41) is 0. The van der Waals surface area contributed by atoms with Crippen LogP contribution in [0.5, 0.6) is 0 Å². The van der Waals surface area contributed by atoms with Crippen molar-refractivity contribution in [1.82, 2.24) is 9.88 Å². The minimum atomic E-state index is -0.0732. The highest BCUT2D eigenvalue weighted by Gasteiger charge is 2.32. The zero-order valence-electron chi connectivity index (χ0n) is 12.9. The highest BCUT2D eigenvalue weighted by molar-refractivity contribution is 5.97. The molecular formula is C18H21N3O. The van der Waals surface area contributed by atoms with Crippen LogP contribution in [0, 0.1) is 0 Å². The monoisotopic (exact) mass is 295 g/mol. The zero-order valence-corrected chi connectivity index (χ0v) is 12.9. The number of anilines is 1. The molecule has 2 aromatic rings. The van der Waals surface area contributed by atoms with Gasteiger partial charge in [-0.15, -0.1) is 0 Å². The number of piperidine rings is 1. The largest absolute Gasteiger partial charge is 0.311 e. The molecule has 1 aliphatic rings. The average molecular weight is 295 g/mol. The molecule has 1 amide bonds. The number of hydrogen-bond donors (Lipinski definition) is 0. The van der Waals surface area contributed by atoms with Gasteiger partial charge < -0.3 is 4.90 Å². The number of para-hydroxylation sites is 1. The van der Waals surface area contributed by atoms with E-state index in [0.717, 1.165) is 30.8 Å². The van der Waals surface area contributed by atoms with Crippen molar-refractivity contribution in [3.8, 4) is 0 Å². The molecule has 3 rings (SSSR count). The van der Waals surface area contributed by atoms with Crippen LogP contribution in [0.3, 0.4) is 0 Å². The summed E-state index contributed by atoms with van der Waals surface area (Å²) in [6, 6.07) is 15.7. The van der Waals surface area contributed by atoms with E-state index in [-0.39, 0.29) is 11.9 Å². The molecule has 4 heteroatoms. The van der Waals surface area contributed by atoms with Gasteiger partial charge in [0, 0.05) is 25.0 Å². The first-order valence-corrected chi connectivity index (χ1v) is 7.72. The molecule has 0 spiro atoms. The lowest BCUT2D eigenvalue weighted by molar-refractivity contribution is -0.125. The first kappa shape index (κ1) is 14.7. The standard InChI is InChI=1S/C18H21N3O/c1-20(14-15-8-5-6-12-19-15)17-11-7-13-21(18(17)22)16-9-3-2-4-10-16/h2-6,8-10,12,17H,7,11,13-14H2,1H3/t17-/m0/s1. The lowest BCUT2D eigenvalue weighted by atomic mass is 10.0. The van der Waals surface area contributed by atoms with E-state index >= 15 is 0 Å². The fourth-order valence-electron chi connectivity index (χ4n) is 2.99. The number of amides is 1. The van der Waals surface area contributed by atoms with E-state index in [1.807, 2.05) is 60.5 Å². The summed E-state index contributed by atoms with van der Waals surface area (Å²) in [4.78, 5) is 21.2.